The minimum absolute atomic E-state index is 0.172. The molecule has 0 bridgehead atoms. The van der Waals surface area contributed by atoms with Crippen molar-refractivity contribution < 1.29 is 4.79 Å². The Labute approximate surface area is 241 Å². The molecule has 0 fully saturated rings. The summed E-state index contributed by atoms with van der Waals surface area (Å²) in [4.78, 5) is 17.7. The SMILES string of the molecule is CCCCCCCCCCCCCCCCCCn1c(C(C)NC(=O)c2ccccc2Cl)nc2ccccc21. The fraction of sp³-hybridized carbons (Fsp3) is 0.588. The lowest BCUT2D eigenvalue weighted by atomic mass is 10.0. The maximum Gasteiger partial charge on any atom is 0.253 e. The van der Waals surface area contributed by atoms with Crippen LogP contribution in [-0.4, -0.2) is 15.5 Å². The first-order valence-corrected chi connectivity index (χ1v) is 16.0. The molecule has 39 heavy (non-hydrogen) atoms. The van der Waals surface area contributed by atoms with Crippen LogP contribution in [0.1, 0.15) is 139 Å². The highest BCUT2D eigenvalue weighted by Gasteiger charge is 2.20. The maximum atomic E-state index is 12.9. The third-order valence-electron chi connectivity index (χ3n) is 7.77. The van der Waals surface area contributed by atoms with E-state index in [0.29, 0.717) is 10.6 Å². The van der Waals surface area contributed by atoms with E-state index in [4.69, 9.17) is 16.6 Å². The summed E-state index contributed by atoms with van der Waals surface area (Å²) in [6, 6.07) is 15.2. The molecular formula is C34H50ClN3O. The molecule has 1 unspecified atom stereocenters. The van der Waals surface area contributed by atoms with Crippen molar-refractivity contribution in [1.82, 2.24) is 14.9 Å². The molecule has 3 rings (SSSR count). The number of amides is 1. The molecule has 1 N–H and O–H groups in total. The molecule has 0 aliphatic carbocycles. The molecule has 0 aliphatic rings. The molecule has 2 aromatic carbocycles. The number of hydrogen-bond donors (Lipinski definition) is 1. The Morgan fingerprint density at radius 1 is 0.769 bits per heavy atom. The summed E-state index contributed by atoms with van der Waals surface area (Å²) in [5, 5.41) is 3.57. The fourth-order valence-electron chi connectivity index (χ4n) is 5.46. The van der Waals surface area contributed by atoms with Gasteiger partial charge in [-0.2, -0.15) is 0 Å². The lowest BCUT2D eigenvalue weighted by Gasteiger charge is -2.17. The van der Waals surface area contributed by atoms with E-state index in [2.05, 4.69) is 28.9 Å². The lowest BCUT2D eigenvalue weighted by Crippen LogP contribution is -2.29. The summed E-state index contributed by atoms with van der Waals surface area (Å²) in [5.41, 5.74) is 2.60. The van der Waals surface area contributed by atoms with Crippen LogP contribution in [0, 0.1) is 0 Å². The highest BCUT2D eigenvalue weighted by atomic mass is 35.5. The van der Waals surface area contributed by atoms with Crippen LogP contribution in [0.2, 0.25) is 5.02 Å². The van der Waals surface area contributed by atoms with Gasteiger partial charge in [0, 0.05) is 6.54 Å². The Morgan fingerprint density at radius 3 is 1.87 bits per heavy atom. The van der Waals surface area contributed by atoms with E-state index in [0.717, 1.165) is 29.8 Å². The van der Waals surface area contributed by atoms with E-state index in [1.807, 2.05) is 31.2 Å². The van der Waals surface area contributed by atoms with Gasteiger partial charge in [0.2, 0.25) is 0 Å². The Morgan fingerprint density at radius 2 is 1.28 bits per heavy atom. The standard InChI is InChI=1S/C34H50ClN3O/c1-3-4-5-6-7-8-9-10-11-12-13-14-15-16-17-22-27-38-32-26-21-20-25-31(32)37-33(38)28(2)36-34(39)29-23-18-19-24-30(29)35/h18-21,23-26,28H,3-17,22,27H2,1-2H3,(H,36,39). The molecule has 0 saturated carbocycles. The molecule has 5 heteroatoms. The van der Waals surface area contributed by atoms with Crippen molar-refractivity contribution in [3.63, 3.8) is 0 Å². The number of unbranched alkanes of at least 4 members (excludes halogenated alkanes) is 15. The average molecular weight is 552 g/mol. The Hall–Kier alpha value is -2.33. The molecule has 4 nitrogen and oxygen atoms in total. The van der Waals surface area contributed by atoms with Gasteiger partial charge in [0.05, 0.1) is 27.7 Å². The molecule has 1 atom stereocenters. The lowest BCUT2D eigenvalue weighted by molar-refractivity contribution is 0.0938. The van der Waals surface area contributed by atoms with Crippen LogP contribution in [0.25, 0.3) is 11.0 Å². The van der Waals surface area contributed by atoms with Gasteiger partial charge < -0.3 is 9.88 Å². The van der Waals surface area contributed by atoms with Crippen LogP contribution in [0.3, 0.4) is 0 Å². The summed E-state index contributed by atoms with van der Waals surface area (Å²) in [7, 11) is 0. The number of aromatic nitrogens is 2. The fourth-order valence-corrected chi connectivity index (χ4v) is 5.68. The van der Waals surface area contributed by atoms with Crippen LogP contribution in [0.4, 0.5) is 0 Å². The molecule has 214 valence electrons. The van der Waals surface area contributed by atoms with Gasteiger partial charge in [-0.1, -0.05) is 139 Å². The zero-order valence-corrected chi connectivity index (χ0v) is 25.2. The van der Waals surface area contributed by atoms with Gasteiger partial charge in [-0.15, -0.1) is 0 Å². The minimum atomic E-state index is -0.220. The van der Waals surface area contributed by atoms with E-state index in [-0.39, 0.29) is 11.9 Å². The second-order valence-electron chi connectivity index (χ2n) is 11.1. The molecule has 1 amide bonds. The van der Waals surface area contributed by atoms with Gasteiger partial charge in [0.25, 0.3) is 5.91 Å². The predicted molar refractivity (Wildman–Crippen MR) is 167 cm³/mol. The van der Waals surface area contributed by atoms with Crippen molar-refractivity contribution >= 4 is 28.5 Å². The van der Waals surface area contributed by atoms with Crippen LogP contribution in [0.5, 0.6) is 0 Å². The number of nitrogens with zero attached hydrogens (tertiary/aromatic N) is 2. The normalized spacial score (nSPS) is 12.2. The van der Waals surface area contributed by atoms with Crippen LogP contribution in [-0.2, 0) is 6.54 Å². The summed E-state index contributed by atoms with van der Waals surface area (Å²) in [6.45, 7) is 5.20. The van der Waals surface area contributed by atoms with Gasteiger partial charge in [-0.05, 0) is 37.6 Å². The largest absolute Gasteiger partial charge is 0.342 e. The van der Waals surface area contributed by atoms with Crippen LogP contribution >= 0.6 is 11.6 Å². The van der Waals surface area contributed by atoms with E-state index in [1.165, 1.54) is 96.3 Å². The number of para-hydroxylation sites is 2. The quantitative estimate of drug-likeness (QED) is 0.142. The second kappa shape index (κ2) is 18.1. The van der Waals surface area contributed by atoms with E-state index in [1.54, 1.807) is 12.1 Å². The number of carbonyl (C=O) groups excluding carboxylic acids is 1. The number of aryl methyl sites for hydroxylation is 1. The molecule has 0 saturated heterocycles. The summed E-state index contributed by atoms with van der Waals surface area (Å²) in [5.74, 6) is 0.728. The van der Waals surface area contributed by atoms with Crippen LogP contribution < -0.4 is 5.32 Å². The Kier molecular flexibility index (Phi) is 14.5. The van der Waals surface area contributed by atoms with Gasteiger partial charge >= 0.3 is 0 Å². The third kappa shape index (κ3) is 10.6. The number of halogens is 1. The first-order valence-electron chi connectivity index (χ1n) is 15.6. The highest BCUT2D eigenvalue weighted by Crippen LogP contribution is 2.23. The number of carbonyl (C=O) groups is 1. The molecule has 3 aromatic rings. The van der Waals surface area contributed by atoms with Crippen molar-refractivity contribution in [3.8, 4) is 0 Å². The van der Waals surface area contributed by atoms with E-state index < -0.39 is 0 Å². The van der Waals surface area contributed by atoms with Gasteiger partial charge in [-0.3, -0.25) is 4.79 Å². The molecule has 0 spiro atoms. The zero-order chi connectivity index (χ0) is 27.7. The molecule has 1 aromatic heterocycles. The monoisotopic (exact) mass is 551 g/mol. The van der Waals surface area contributed by atoms with Gasteiger partial charge in [-0.25, -0.2) is 4.98 Å². The van der Waals surface area contributed by atoms with Gasteiger partial charge in [0.15, 0.2) is 0 Å². The summed E-state index contributed by atoms with van der Waals surface area (Å²) >= 11 is 6.24. The van der Waals surface area contributed by atoms with Gasteiger partial charge in [0.1, 0.15) is 5.82 Å². The predicted octanol–water partition coefficient (Wildman–Crippen LogP) is 10.4. The van der Waals surface area contributed by atoms with Crippen molar-refractivity contribution in [2.45, 2.75) is 129 Å². The molecule has 1 heterocycles. The first kappa shape index (κ1) is 31.2. The van der Waals surface area contributed by atoms with Crippen LogP contribution in [0.15, 0.2) is 48.5 Å². The third-order valence-corrected chi connectivity index (χ3v) is 8.10. The van der Waals surface area contributed by atoms with Crippen molar-refractivity contribution in [2.24, 2.45) is 0 Å². The topological polar surface area (TPSA) is 46.9 Å². The smallest absolute Gasteiger partial charge is 0.253 e. The van der Waals surface area contributed by atoms with Crippen molar-refractivity contribution in [2.75, 3.05) is 0 Å². The number of hydrogen-bond acceptors (Lipinski definition) is 2. The zero-order valence-electron chi connectivity index (χ0n) is 24.4. The first-order chi connectivity index (χ1) is 19.1. The Bertz CT molecular complexity index is 1110. The molecule has 0 aliphatic heterocycles. The van der Waals surface area contributed by atoms with Crippen molar-refractivity contribution in [1.29, 1.82) is 0 Å². The Balaban J connectivity index is 1.35. The molecule has 0 radical (unpaired) electrons. The van der Waals surface area contributed by atoms with Crippen molar-refractivity contribution in [3.05, 3.63) is 64.9 Å². The number of imidazole rings is 1. The number of nitrogens with one attached hydrogen (secondary N) is 1. The van der Waals surface area contributed by atoms with E-state index >= 15 is 0 Å². The second-order valence-corrected chi connectivity index (χ2v) is 11.5. The average Bonchev–Trinajstić information content (AvgIpc) is 3.31. The number of rotatable bonds is 20. The summed E-state index contributed by atoms with van der Waals surface area (Å²) in [6.07, 6.45) is 21.9. The van der Waals surface area contributed by atoms with E-state index in [9.17, 15) is 4.79 Å². The number of fused-ring (bicyclic) bond motifs is 1. The minimum Gasteiger partial charge on any atom is -0.342 e. The number of benzene rings is 2. The maximum absolute atomic E-state index is 12.9. The molecular weight excluding hydrogens is 502 g/mol. The summed E-state index contributed by atoms with van der Waals surface area (Å²) < 4.78 is 2.29. The highest BCUT2D eigenvalue weighted by molar-refractivity contribution is 6.33.